The number of aromatic nitrogens is 5. The monoisotopic (exact) mass is 974 g/mol. The first-order chi connectivity index (χ1) is 33.2. The summed E-state index contributed by atoms with van der Waals surface area (Å²) in [7, 11) is -2.85. The van der Waals surface area contributed by atoms with E-state index >= 15 is 0 Å². The molecule has 1 atom stereocenters. The summed E-state index contributed by atoms with van der Waals surface area (Å²) >= 11 is 0. The van der Waals surface area contributed by atoms with Gasteiger partial charge < -0.3 is 44.5 Å². The number of hydrogen-bond acceptors (Lipinski definition) is 12. The van der Waals surface area contributed by atoms with Crippen LogP contribution >= 0.6 is 7.75 Å². The number of benzene rings is 1. The molecule has 2 saturated heterocycles. The highest BCUT2D eigenvalue weighted by molar-refractivity contribution is 7.49. The molecule has 9 rings (SSSR count). The molecule has 19 nitrogen and oxygen atoms in total. The second-order valence-electron chi connectivity index (χ2n) is 20.3. The van der Waals surface area contributed by atoms with E-state index < -0.39 is 25.5 Å². The third-order valence-electron chi connectivity index (χ3n) is 14.2. The van der Waals surface area contributed by atoms with Crippen LogP contribution in [0, 0.1) is 5.41 Å². The van der Waals surface area contributed by atoms with E-state index in [9.17, 15) is 33.8 Å². The minimum Gasteiger partial charge on any atom is -0.392 e. The van der Waals surface area contributed by atoms with Crippen molar-refractivity contribution in [2.75, 3.05) is 64.6 Å². The van der Waals surface area contributed by atoms with Gasteiger partial charge in [0.1, 0.15) is 11.5 Å². The zero-order chi connectivity index (χ0) is 49.9. The van der Waals surface area contributed by atoms with Crippen molar-refractivity contribution < 1.29 is 29.0 Å². The number of carbonyl (C=O) groups excluding carboxylic acids is 2. The lowest BCUT2D eigenvalue weighted by Gasteiger charge is -2.47. The van der Waals surface area contributed by atoms with Crippen molar-refractivity contribution in [2.45, 2.75) is 91.1 Å². The third kappa shape index (κ3) is 9.78. The van der Waals surface area contributed by atoms with Crippen LogP contribution in [0.2, 0.25) is 0 Å². The van der Waals surface area contributed by atoms with Crippen molar-refractivity contribution in [3.05, 3.63) is 112 Å². The van der Waals surface area contributed by atoms with E-state index in [0.29, 0.717) is 71.1 Å². The maximum Gasteiger partial charge on any atom is 0.401 e. The second-order valence-corrected chi connectivity index (χ2v) is 21.6. The number of aliphatic hydroxyl groups is 1. The van der Waals surface area contributed by atoms with Gasteiger partial charge in [-0.3, -0.25) is 29.2 Å². The fraction of sp³-hybridized carbons (Fsp3) is 0.440. The number of nitrogens with zero attached hydrogens (tertiary/aromatic N) is 9. The quantitative estimate of drug-likeness (QED) is 0.0652. The lowest BCUT2D eigenvalue weighted by atomic mass is 9.90. The molecule has 0 bridgehead atoms. The van der Waals surface area contributed by atoms with Gasteiger partial charge in [-0.15, -0.1) is 0 Å². The average Bonchev–Trinajstić information content (AvgIpc) is 3.81. The largest absolute Gasteiger partial charge is 0.401 e. The number of hydrogen-bond donors (Lipinski definition) is 6. The summed E-state index contributed by atoms with van der Waals surface area (Å²) in [5.41, 5.74) is 6.52. The van der Waals surface area contributed by atoms with E-state index in [1.807, 2.05) is 30.3 Å². The minimum absolute atomic E-state index is 0.0264. The van der Waals surface area contributed by atoms with E-state index in [1.165, 1.54) is 21.9 Å². The molecular weight excluding hydrogens is 912 g/mol. The summed E-state index contributed by atoms with van der Waals surface area (Å²) in [4.78, 5) is 82.3. The molecule has 1 aliphatic carbocycles. The van der Waals surface area contributed by atoms with Crippen molar-refractivity contribution >= 4 is 53.9 Å². The van der Waals surface area contributed by atoms with Crippen LogP contribution in [0.5, 0.6) is 0 Å². The zero-order valence-corrected chi connectivity index (χ0v) is 41.5. The fourth-order valence-electron chi connectivity index (χ4n) is 10.9. The molecule has 5 aromatic rings. The number of anilines is 6. The molecule has 4 aliphatic rings. The van der Waals surface area contributed by atoms with E-state index in [0.717, 1.165) is 63.2 Å². The summed E-state index contributed by atoms with van der Waals surface area (Å²) < 4.78 is 15.3. The molecule has 0 saturated carbocycles. The van der Waals surface area contributed by atoms with Gasteiger partial charge in [0.2, 0.25) is 5.91 Å². The van der Waals surface area contributed by atoms with Gasteiger partial charge in [-0.25, -0.2) is 19.6 Å². The Morgan fingerprint density at radius 2 is 1.74 bits per heavy atom. The number of carbonyl (C=O) groups is 2. The molecule has 0 spiro atoms. The molecule has 2 amide bonds. The standard InChI is InChI=1S/C50H63N12O7P/c1-8-44(64)54-38-24-33(9-10-40(38)60-20-19-59(28-31(60)2)34-13-17-58(18-14-34)35-11-15-51-43(25-35)50(5,6)56-70(67,68)69)53-45-48(66)57(7)29-39(55-45)36-12-16-52-46(37(36)30-63)62-22-21-61-41(47(62)65)23-32-26-49(3,4)27-42(32)61/h8-12,15-16,23-25,29,31,34,63H,1,13-14,17-22,26-28,30H2,2-7H3,(H,53,55)(H,54,64)(H3,56,67,68,69)/t31-/m0/s1. The molecule has 70 heavy (non-hydrogen) atoms. The van der Waals surface area contributed by atoms with Crippen LogP contribution in [0.3, 0.4) is 0 Å². The fourth-order valence-corrected chi connectivity index (χ4v) is 11.7. The van der Waals surface area contributed by atoms with Crippen LogP contribution in [0.25, 0.3) is 11.3 Å². The van der Waals surface area contributed by atoms with Gasteiger partial charge in [0.15, 0.2) is 5.82 Å². The Kier molecular flexibility index (Phi) is 13.1. The maximum absolute atomic E-state index is 14.1. The van der Waals surface area contributed by atoms with Crippen molar-refractivity contribution in [3.63, 3.8) is 0 Å². The molecule has 7 heterocycles. The topological polar surface area (TPSA) is 227 Å². The van der Waals surface area contributed by atoms with E-state index in [4.69, 9.17) is 4.98 Å². The van der Waals surface area contributed by atoms with Crippen molar-refractivity contribution in [2.24, 2.45) is 12.5 Å². The van der Waals surface area contributed by atoms with Gasteiger partial charge in [0.25, 0.3) is 11.5 Å². The van der Waals surface area contributed by atoms with Gasteiger partial charge in [-0.1, -0.05) is 20.4 Å². The lowest BCUT2D eigenvalue weighted by Crippen LogP contribution is -2.57. The Morgan fingerprint density at radius 1 is 0.986 bits per heavy atom. The zero-order valence-electron chi connectivity index (χ0n) is 40.6. The van der Waals surface area contributed by atoms with Crippen molar-refractivity contribution in [3.8, 4) is 11.3 Å². The number of nitrogens with one attached hydrogen (secondary N) is 3. The molecule has 2 fully saturated rings. The number of piperidine rings is 1. The SMILES string of the molecule is C=CC(=O)Nc1cc(Nc2nc(-c3ccnc(N4CCn5c(cc6c5CC(C)(C)C6)C4=O)c3CO)cn(C)c2=O)ccc1N1CCN(C2CCN(c3ccnc(C(C)(C)NP(=O)(O)O)c3)CC2)C[C@@H]1C. The number of aliphatic hydroxyl groups excluding tert-OH is 1. The summed E-state index contributed by atoms with van der Waals surface area (Å²) in [6, 6.07) is 13.6. The number of aryl methyl sites for hydroxylation is 1. The molecular formula is C50H63N12O7P. The highest BCUT2D eigenvalue weighted by Gasteiger charge is 2.38. The maximum atomic E-state index is 14.1. The predicted molar refractivity (Wildman–Crippen MR) is 271 cm³/mol. The number of rotatable bonds is 13. The summed E-state index contributed by atoms with van der Waals surface area (Å²) in [5, 5.41) is 19.4. The Hall–Kier alpha value is -6.21. The number of fused-ring (bicyclic) bond motifs is 3. The van der Waals surface area contributed by atoms with E-state index in [-0.39, 0.29) is 29.1 Å². The first kappa shape index (κ1) is 48.8. The van der Waals surface area contributed by atoms with Crippen LogP contribution in [-0.2, 0) is 47.9 Å². The molecule has 0 radical (unpaired) electrons. The summed E-state index contributed by atoms with van der Waals surface area (Å²) in [6.07, 6.45) is 9.81. The molecule has 6 N–H and O–H groups in total. The van der Waals surface area contributed by atoms with Crippen LogP contribution < -0.4 is 36.0 Å². The molecule has 3 aliphatic heterocycles. The van der Waals surface area contributed by atoms with Crippen molar-refractivity contribution in [1.82, 2.24) is 34.1 Å². The van der Waals surface area contributed by atoms with Gasteiger partial charge in [0.05, 0.1) is 34.9 Å². The minimum atomic E-state index is -4.48. The Labute approximate surface area is 407 Å². The van der Waals surface area contributed by atoms with Crippen LogP contribution in [-0.4, -0.2) is 107 Å². The number of amides is 2. The highest BCUT2D eigenvalue weighted by Crippen LogP contribution is 2.41. The highest BCUT2D eigenvalue weighted by atomic mass is 31.2. The Morgan fingerprint density at radius 3 is 2.46 bits per heavy atom. The molecule has 20 heteroatoms. The third-order valence-corrected chi connectivity index (χ3v) is 15.1. The Balaban J connectivity index is 0.899. The van der Waals surface area contributed by atoms with Gasteiger partial charge in [-0.2, -0.15) is 0 Å². The van der Waals surface area contributed by atoms with Crippen LogP contribution in [0.1, 0.15) is 80.5 Å². The molecule has 4 aromatic heterocycles. The lowest BCUT2D eigenvalue weighted by molar-refractivity contribution is -0.111. The van der Waals surface area contributed by atoms with E-state index in [2.05, 4.69) is 72.3 Å². The van der Waals surface area contributed by atoms with Crippen LogP contribution in [0.15, 0.2) is 78.5 Å². The number of piperazine rings is 1. The summed E-state index contributed by atoms with van der Waals surface area (Å²) in [5.74, 6) is -0.181. The molecule has 370 valence electrons. The smallest absolute Gasteiger partial charge is 0.392 e. The van der Waals surface area contributed by atoms with Gasteiger partial charge >= 0.3 is 7.75 Å². The van der Waals surface area contributed by atoms with Crippen molar-refractivity contribution in [1.29, 1.82) is 0 Å². The average molecular weight is 975 g/mol. The van der Waals surface area contributed by atoms with E-state index in [1.54, 1.807) is 56.5 Å². The molecule has 1 aromatic carbocycles. The normalized spacial score (nSPS) is 18.7. The Bertz CT molecular complexity index is 2970. The predicted octanol–water partition coefficient (Wildman–Crippen LogP) is 5.28. The van der Waals surface area contributed by atoms with Crippen LogP contribution in [0.4, 0.5) is 34.4 Å². The van der Waals surface area contributed by atoms with Gasteiger partial charge in [0, 0.05) is 112 Å². The second kappa shape index (κ2) is 18.8. The summed E-state index contributed by atoms with van der Waals surface area (Å²) in [6.45, 7) is 18.3. The molecule has 0 unspecified atom stereocenters. The number of pyridine rings is 2. The first-order valence-electron chi connectivity index (χ1n) is 23.8. The van der Waals surface area contributed by atoms with Gasteiger partial charge in [-0.05, 0) is 106 Å². The first-order valence-corrected chi connectivity index (χ1v) is 25.5.